The number of anilines is 2. The Bertz CT molecular complexity index is 1210. The van der Waals surface area contributed by atoms with Crippen molar-refractivity contribution < 1.29 is 0 Å². The molecular formula is C24H24ClN5. The topological polar surface area (TPSA) is 36.7 Å². The number of fused-ring (bicyclic) bond motifs is 1. The molecule has 3 heterocycles. The maximum absolute atomic E-state index is 6.23. The van der Waals surface area contributed by atoms with E-state index in [2.05, 4.69) is 66.1 Å². The van der Waals surface area contributed by atoms with Gasteiger partial charge in [-0.1, -0.05) is 41.9 Å². The highest BCUT2D eigenvalue weighted by Crippen LogP contribution is 2.29. The van der Waals surface area contributed by atoms with E-state index in [4.69, 9.17) is 21.7 Å². The number of nitrogens with zero attached hydrogens (tertiary/aromatic N) is 5. The van der Waals surface area contributed by atoms with Crippen molar-refractivity contribution in [3.05, 3.63) is 77.1 Å². The molecule has 0 spiro atoms. The molecule has 2 aromatic carbocycles. The van der Waals surface area contributed by atoms with Gasteiger partial charge in [-0.3, -0.25) is 0 Å². The number of benzene rings is 2. The molecule has 152 valence electrons. The van der Waals surface area contributed by atoms with Crippen molar-refractivity contribution in [2.45, 2.75) is 13.8 Å². The lowest BCUT2D eigenvalue weighted by Crippen LogP contribution is -2.47. The maximum atomic E-state index is 6.23. The van der Waals surface area contributed by atoms with Crippen molar-refractivity contribution >= 4 is 28.6 Å². The summed E-state index contributed by atoms with van der Waals surface area (Å²) in [4.78, 5) is 9.48. The molecule has 1 fully saturated rings. The summed E-state index contributed by atoms with van der Waals surface area (Å²) in [6.07, 6.45) is 3.76. The molecule has 6 heteroatoms. The smallest absolute Gasteiger partial charge is 0.154 e. The maximum Gasteiger partial charge on any atom is 0.154 e. The van der Waals surface area contributed by atoms with Crippen LogP contribution in [0.25, 0.3) is 16.8 Å². The van der Waals surface area contributed by atoms with Gasteiger partial charge in [-0.25, -0.2) is 9.50 Å². The molecule has 0 bridgehead atoms. The first kappa shape index (κ1) is 18.9. The molecule has 0 amide bonds. The molecule has 1 saturated heterocycles. The lowest BCUT2D eigenvalue weighted by Gasteiger charge is -2.37. The second kappa shape index (κ2) is 7.65. The van der Waals surface area contributed by atoms with Crippen molar-refractivity contribution in [3.63, 3.8) is 0 Å². The quantitative estimate of drug-likeness (QED) is 0.470. The van der Waals surface area contributed by atoms with Gasteiger partial charge in [-0.15, -0.1) is 0 Å². The Morgan fingerprint density at radius 2 is 1.63 bits per heavy atom. The third-order valence-corrected chi connectivity index (χ3v) is 6.12. The van der Waals surface area contributed by atoms with Crippen molar-refractivity contribution in [1.82, 2.24) is 14.6 Å². The molecule has 0 radical (unpaired) electrons. The largest absolute Gasteiger partial charge is 0.368 e. The van der Waals surface area contributed by atoms with Gasteiger partial charge in [-0.05, 0) is 43.2 Å². The summed E-state index contributed by atoms with van der Waals surface area (Å²) >= 11 is 6.23. The summed E-state index contributed by atoms with van der Waals surface area (Å²) in [5.41, 5.74) is 6.89. The van der Waals surface area contributed by atoms with E-state index in [1.165, 1.54) is 16.8 Å². The third-order valence-electron chi connectivity index (χ3n) is 5.88. The van der Waals surface area contributed by atoms with Gasteiger partial charge in [0.15, 0.2) is 5.82 Å². The second-order valence-electron chi connectivity index (χ2n) is 7.83. The lowest BCUT2D eigenvalue weighted by atomic mass is 10.1. The fraction of sp³-hybridized carbons (Fsp3) is 0.250. The molecule has 30 heavy (non-hydrogen) atoms. The van der Waals surface area contributed by atoms with Crippen LogP contribution in [-0.4, -0.2) is 40.8 Å². The molecule has 0 atom stereocenters. The van der Waals surface area contributed by atoms with E-state index in [0.29, 0.717) is 0 Å². The lowest BCUT2D eigenvalue weighted by molar-refractivity contribution is 0.646. The van der Waals surface area contributed by atoms with Gasteiger partial charge in [0.2, 0.25) is 0 Å². The standard InChI is InChI=1S/C24H24ClN5/c1-17-5-3-4-6-20(17)21-16-23-24(26-9-10-30(23)27-21)29-13-11-28(12-14-29)22-15-19(25)8-7-18(22)2/h3-10,15-16H,11-14H2,1-2H3. The first-order valence-electron chi connectivity index (χ1n) is 10.3. The van der Waals surface area contributed by atoms with Crippen LogP contribution in [0.2, 0.25) is 5.02 Å². The fourth-order valence-electron chi connectivity index (χ4n) is 4.23. The van der Waals surface area contributed by atoms with E-state index in [-0.39, 0.29) is 0 Å². The van der Waals surface area contributed by atoms with Crippen LogP contribution in [-0.2, 0) is 0 Å². The van der Waals surface area contributed by atoms with Gasteiger partial charge in [0, 0.05) is 54.8 Å². The fourth-order valence-corrected chi connectivity index (χ4v) is 4.39. The monoisotopic (exact) mass is 417 g/mol. The predicted molar refractivity (Wildman–Crippen MR) is 124 cm³/mol. The zero-order valence-electron chi connectivity index (χ0n) is 17.2. The third kappa shape index (κ3) is 3.39. The summed E-state index contributed by atoms with van der Waals surface area (Å²) in [5.74, 6) is 0.993. The molecule has 4 aromatic rings. The normalized spacial score (nSPS) is 14.5. The van der Waals surface area contributed by atoms with Crippen molar-refractivity contribution in [1.29, 1.82) is 0 Å². The number of rotatable bonds is 3. The van der Waals surface area contributed by atoms with Crippen LogP contribution in [0.4, 0.5) is 11.5 Å². The summed E-state index contributed by atoms with van der Waals surface area (Å²) < 4.78 is 1.94. The van der Waals surface area contributed by atoms with E-state index in [1.807, 2.05) is 23.0 Å². The molecule has 1 aliphatic heterocycles. The molecule has 0 N–H and O–H groups in total. The highest BCUT2D eigenvalue weighted by Gasteiger charge is 2.22. The van der Waals surface area contributed by atoms with Crippen LogP contribution in [0.3, 0.4) is 0 Å². The Kier molecular flexibility index (Phi) is 4.83. The Morgan fingerprint density at radius 1 is 0.867 bits per heavy atom. The Hall–Kier alpha value is -3.05. The average Bonchev–Trinajstić information content (AvgIpc) is 3.20. The van der Waals surface area contributed by atoms with Crippen molar-refractivity contribution in [3.8, 4) is 11.3 Å². The molecule has 1 aliphatic rings. The van der Waals surface area contributed by atoms with Crippen LogP contribution in [0.5, 0.6) is 0 Å². The minimum atomic E-state index is 0.785. The van der Waals surface area contributed by atoms with Crippen molar-refractivity contribution in [2.75, 3.05) is 36.0 Å². The number of hydrogen-bond donors (Lipinski definition) is 0. The molecule has 0 unspecified atom stereocenters. The number of piperazine rings is 1. The van der Waals surface area contributed by atoms with Gasteiger partial charge >= 0.3 is 0 Å². The predicted octanol–water partition coefficient (Wildman–Crippen LogP) is 4.99. The zero-order chi connectivity index (χ0) is 20.7. The number of aromatic nitrogens is 3. The molecule has 0 saturated carbocycles. The molecular weight excluding hydrogens is 394 g/mol. The zero-order valence-corrected chi connectivity index (χ0v) is 18.0. The van der Waals surface area contributed by atoms with Crippen LogP contribution in [0, 0.1) is 13.8 Å². The molecule has 5 rings (SSSR count). The highest BCUT2D eigenvalue weighted by molar-refractivity contribution is 6.30. The van der Waals surface area contributed by atoms with Gasteiger partial charge < -0.3 is 9.80 Å². The first-order valence-corrected chi connectivity index (χ1v) is 10.6. The van der Waals surface area contributed by atoms with Crippen LogP contribution >= 0.6 is 11.6 Å². The van der Waals surface area contributed by atoms with Crippen LogP contribution in [0.1, 0.15) is 11.1 Å². The van der Waals surface area contributed by atoms with Gasteiger partial charge in [0.25, 0.3) is 0 Å². The second-order valence-corrected chi connectivity index (χ2v) is 8.27. The molecule has 5 nitrogen and oxygen atoms in total. The van der Waals surface area contributed by atoms with E-state index in [9.17, 15) is 0 Å². The van der Waals surface area contributed by atoms with E-state index < -0.39 is 0 Å². The SMILES string of the molecule is Cc1ccccc1-c1cc2c(N3CCN(c4cc(Cl)ccc4C)CC3)nccn2n1. The Morgan fingerprint density at radius 3 is 2.43 bits per heavy atom. The van der Waals surface area contributed by atoms with E-state index >= 15 is 0 Å². The van der Waals surface area contributed by atoms with Gasteiger partial charge in [0.1, 0.15) is 5.52 Å². The van der Waals surface area contributed by atoms with Gasteiger partial charge in [0.05, 0.1) is 5.69 Å². The molecule has 2 aromatic heterocycles. The number of halogens is 1. The van der Waals surface area contributed by atoms with Crippen LogP contribution < -0.4 is 9.80 Å². The first-order chi connectivity index (χ1) is 14.6. The molecule has 0 aliphatic carbocycles. The Labute approximate surface area is 181 Å². The van der Waals surface area contributed by atoms with Gasteiger partial charge in [-0.2, -0.15) is 5.10 Å². The highest BCUT2D eigenvalue weighted by atomic mass is 35.5. The van der Waals surface area contributed by atoms with Crippen LogP contribution in [0.15, 0.2) is 60.9 Å². The van der Waals surface area contributed by atoms with E-state index in [0.717, 1.165) is 53.8 Å². The minimum absolute atomic E-state index is 0.785. The average molecular weight is 418 g/mol. The number of hydrogen-bond acceptors (Lipinski definition) is 4. The number of aryl methyl sites for hydroxylation is 2. The summed E-state index contributed by atoms with van der Waals surface area (Å²) in [6, 6.07) is 16.6. The summed E-state index contributed by atoms with van der Waals surface area (Å²) in [5, 5.41) is 5.59. The van der Waals surface area contributed by atoms with Crippen molar-refractivity contribution in [2.24, 2.45) is 0 Å². The Balaban J connectivity index is 1.42. The summed E-state index contributed by atoms with van der Waals surface area (Å²) in [7, 11) is 0. The summed E-state index contributed by atoms with van der Waals surface area (Å²) in [6.45, 7) is 7.94. The minimum Gasteiger partial charge on any atom is -0.368 e. The van der Waals surface area contributed by atoms with E-state index in [1.54, 1.807) is 0 Å².